The van der Waals surface area contributed by atoms with Crippen LogP contribution in [0, 0.1) is 0 Å². The van der Waals surface area contributed by atoms with Crippen molar-refractivity contribution in [3.8, 4) is 0 Å². The Kier molecular flexibility index (Phi) is 12.9. The van der Waals surface area contributed by atoms with Crippen molar-refractivity contribution in [2.45, 2.75) is 69.1 Å². The summed E-state index contributed by atoms with van der Waals surface area (Å²) in [7, 11) is 0. The SMILES string of the molecule is NCCCC[C@H](N)C(=O)N[C@@H](Cc1c[nH]c2ccccc12)C(=O)N[C@@H](Cc1ccccc1)C(=O)N[C@@H](CCC(=O)O)C(=O)O. The van der Waals surface area contributed by atoms with Gasteiger partial charge in [-0.25, -0.2) is 4.79 Å². The maximum absolute atomic E-state index is 13.8. The van der Waals surface area contributed by atoms with Crippen molar-refractivity contribution in [1.29, 1.82) is 0 Å². The smallest absolute Gasteiger partial charge is 0.326 e. The molecule has 13 heteroatoms. The Labute approximate surface area is 254 Å². The average Bonchev–Trinajstić information content (AvgIpc) is 3.41. The second-order valence-corrected chi connectivity index (χ2v) is 10.6. The van der Waals surface area contributed by atoms with Gasteiger partial charge in [0.25, 0.3) is 0 Å². The summed E-state index contributed by atoms with van der Waals surface area (Å²) in [6.07, 6.45) is 2.71. The van der Waals surface area contributed by atoms with Crippen LogP contribution in [-0.4, -0.2) is 75.6 Å². The third-order valence-corrected chi connectivity index (χ3v) is 7.22. The first kappa shape index (κ1) is 33.7. The van der Waals surface area contributed by atoms with Gasteiger partial charge in [-0.2, -0.15) is 0 Å². The number of aromatic amines is 1. The third-order valence-electron chi connectivity index (χ3n) is 7.22. The van der Waals surface area contributed by atoms with Crippen LogP contribution < -0.4 is 27.4 Å². The van der Waals surface area contributed by atoms with Crippen LogP contribution in [0.15, 0.2) is 60.8 Å². The molecular formula is C31H40N6O7. The maximum atomic E-state index is 13.8. The minimum Gasteiger partial charge on any atom is -0.481 e. The second kappa shape index (κ2) is 16.8. The molecule has 0 saturated carbocycles. The normalized spacial score (nSPS) is 13.8. The number of fused-ring (bicyclic) bond motifs is 1. The number of aliphatic carboxylic acids is 2. The van der Waals surface area contributed by atoms with Crippen LogP contribution in [0.2, 0.25) is 0 Å². The zero-order valence-electron chi connectivity index (χ0n) is 24.3. The number of aromatic nitrogens is 1. The van der Waals surface area contributed by atoms with Crippen LogP contribution in [0.4, 0.5) is 0 Å². The van der Waals surface area contributed by atoms with Gasteiger partial charge in [0.15, 0.2) is 0 Å². The number of carbonyl (C=O) groups excluding carboxylic acids is 3. The Bertz CT molecular complexity index is 1430. The standard InChI is InChI=1S/C31H40N6O7/c32-15-7-6-11-22(33)28(40)36-26(17-20-18-34-23-12-5-4-10-21(20)23)30(42)37-25(16-19-8-2-1-3-9-19)29(41)35-24(31(43)44)13-14-27(38)39/h1-5,8-10,12,18,22,24-26,34H,6-7,11,13-17,32-33H2,(H,35,41)(H,36,40)(H,37,42)(H,38,39)(H,43,44)/t22-,24-,25-,26-/m0/s1. The van der Waals surface area contributed by atoms with Gasteiger partial charge in [0.05, 0.1) is 6.04 Å². The number of carbonyl (C=O) groups is 5. The molecule has 0 aliphatic carbocycles. The molecule has 0 saturated heterocycles. The van der Waals surface area contributed by atoms with Crippen molar-refractivity contribution in [2.75, 3.05) is 6.54 Å². The number of amides is 3. The molecular weight excluding hydrogens is 568 g/mol. The Morgan fingerprint density at radius 3 is 2.02 bits per heavy atom. The zero-order chi connectivity index (χ0) is 32.1. The van der Waals surface area contributed by atoms with Gasteiger partial charge in [-0.15, -0.1) is 0 Å². The van der Waals surface area contributed by atoms with Crippen molar-refractivity contribution in [3.63, 3.8) is 0 Å². The minimum absolute atomic E-state index is 0.00996. The van der Waals surface area contributed by atoms with Crippen LogP contribution in [0.25, 0.3) is 10.9 Å². The highest BCUT2D eigenvalue weighted by molar-refractivity contribution is 5.95. The molecule has 3 amide bonds. The second-order valence-electron chi connectivity index (χ2n) is 10.6. The molecule has 1 heterocycles. The summed E-state index contributed by atoms with van der Waals surface area (Å²) in [5, 5.41) is 27.2. The molecule has 3 aromatic rings. The van der Waals surface area contributed by atoms with Crippen molar-refractivity contribution >= 4 is 40.6 Å². The summed E-state index contributed by atoms with van der Waals surface area (Å²) in [5.41, 5.74) is 13.9. The third kappa shape index (κ3) is 10.2. The van der Waals surface area contributed by atoms with Gasteiger partial charge in [-0.3, -0.25) is 19.2 Å². The van der Waals surface area contributed by atoms with Gasteiger partial charge in [0, 0.05) is 36.4 Å². The van der Waals surface area contributed by atoms with Gasteiger partial charge < -0.3 is 42.6 Å². The van der Waals surface area contributed by atoms with Crippen LogP contribution in [0.3, 0.4) is 0 Å². The van der Waals surface area contributed by atoms with E-state index in [0.29, 0.717) is 31.4 Å². The number of rotatable bonds is 18. The molecule has 0 aliphatic rings. The van der Waals surface area contributed by atoms with E-state index in [0.717, 1.165) is 16.5 Å². The molecule has 2 aromatic carbocycles. The number of nitrogens with one attached hydrogen (secondary N) is 4. The molecule has 4 atom stereocenters. The fraction of sp³-hybridized carbons (Fsp3) is 0.387. The molecule has 0 fully saturated rings. The number of H-pyrrole nitrogens is 1. The average molecular weight is 609 g/mol. The molecule has 3 rings (SSSR count). The monoisotopic (exact) mass is 608 g/mol. The molecule has 0 unspecified atom stereocenters. The van der Waals surface area contributed by atoms with Crippen LogP contribution >= 0.6 is 0 Å². The fourth-order valence-corrected chi connectivity index (χ4v) is 4.78. The van der Waals surface area contributed by atoms with Crippen LogP contribution in [0.1, 0.15) is 43.2 Å². The molecule has 10 N–H and O–H groups in total. The van der Waals surface area contributed by atoms with Crippen molar-refractivity contribution < 1.29 is 34.2 Å². The molecule has 13 nitrogen and oxygen atoms in total. The van der Waals surface area contributed by atoms with Gasteiger partial charge >= 0.3 is 11.9 Å². The van der Waals surface area contributed by atoms with Crippen molar-refractivity contribution in [1.82, 2.24) is 20.9 Å². The number of benzene rings is 2. The topological polar surface area (TPSA) is 230 Å². The van der Waals surface area contributed by atoms with Gasteiger partial charge in [0.1, 0.15) is 18.1 Å². The summed E-state index contributed by atoms with van der Waals surface area (Å²) >= 11 is 0. The quantitative estimate of drug-likeness (QED) is 0.0954. The first-order valence-corrected chi connectivity index (χ1v) is 14.5. The highest BCUT2D eigenvalue weighted by Crippen LogP contribution is 2.19. The van der Waals surface area contributed by atoms with E-state index in [1.54, 1.807) is 36.5 Å². The summed E-state index contributed by atoms with van der Waals surface area (Å²) < 4.78 is 0. The summed E-state index contributed by atoms with van der Waals surface area (Å²) in [6.45, 7) is 0.462. The summed E-state index contributed by atoms with van der Waals surface area (Å²) in [6, 6.07) is 11.5. The molecule has 0 radical (unpaired) electrons. The van der Waals surface area contributed by atoms with Crippen LogP contribution in [0.5, 0.6) is 0 Å². The van der Waals surface area contributed by atoms with E-state index in [9.17, 15) is 29.1 Å². The van der Waals surface area contributed by atoms with E-state index in [-0.39, 0.29) is 19.3 Å². The minimum atomic E-state index is -1.48. The Balaban J connectivity index is 1.86. The van der Waals surface area contributed by atoms with Gasteiger partial charge in [-0.05, 0) is 43.0 Å². The van der Waals surface area contributed by atoms with E-state index < -0.39 is 60.2 Å². The Hall–Kier alpha value is -4.75. The van der Waals surface area contributed by atoms with E-state index >= 15 is 0 Å². The van der Waals surface area contributed by atoms with Gasteiger partial charge in [-0.1, -0.05) is 55.0 Å². The molecule has 0 aliphatic heterocycles. The number of carboxylic acid groups (broad SMARTS) is 2. The predicted molar refractivity (Wildman–Crippen MR) is 163 cm³/mol. The van der Waals surface area contributed by atoms with Crippen LogP contribution in [-0.2, 0) is 36.8 Å². The van der Waals surface area contributed by atoms with E-state index in [2.05, 4.69) is 20.9 Å². The van der Waals surface area contributed by atoms with E-state index in [1.165, 1.54) is 0 Å². The number of para-hydroxylation sites is 1. The maximum Gasteiger partial charge on any atom is 0.326 e. The number of hydrogen-bond donors (Lipinski definition) is 8. The fourth-order valence-electron chi connectivity index (χ4n) is 4.78. The molecule has 236 valence electrons. The molecule has 0 bridgehead atoms. The number of hydrogen-bond acceptors (Lipinski definition) is 7. The predicted octanol–water partition coefficient (Wildman–Crippen LogP) is 0.813. The Morgan fingerprint density at radius 2 is 1.36 bits per heavy atom. The van der Waals surface area contributed by atoms with Gasteiger partial charge in [0.2, 0.25) is 17.7 Å². The highest BCUT2D eigenvalue weighted by Gasteiger charge is 2.31. The first-order valence-electron chi connectivity index (χ1n) is 14.5. The number of carboxylic acids is 2. The molecule has 0 spiro atoms. The first-order chi connectivity index (χ1) is 21.1. The van der Waals surface area contributed by atoms with Crippen molar-refractivity contribution in [2.24, 2.45) is 11.5 Å². The number of unbranched alkanes of at least 4 members (excludes halogenated alkanes) is 1. The van der Waals surface area contributed by atoms with E-state index in [4.69, 9.17) is 16.6 Å². The largest absolute Gasteiger partial charge is 0.481 e. The Morgan fingerprint density at radius 1 is 0.750 bits per heavy atom. The summed E-state index contributed by atoms with van der Waals surface area (Å²) in [4.78, 5) is 66.1. The lowest BCUT2D eigenvalue weighted by molar-refractivity contribution is -0.143. The molecule has 1 aromatic heterocycles. The lowest BCUT2D eigenvalue weighted by Gasteiger charge is -2.25. The zero-order valence-corrected chi connectivity index (χ0v) is 24.3. The van der Waals surface area contributed by atoms with E-state index in [1.807, 2.05) is 24.3 Å². The lowest BCUT2D eigenvalue weighted by atomic mass is 10.0. The lowest BCUT2D eigenvalue weighted by Crippen LogP contribution is -2.58. The highest BCUT2D eigenvalue weighted by atomic mass is 16.4. The van der Waals surface area contributed by atoms with Crippen molar-refractivity contribution in [3.05, 3.63) is 71.9 Å². The summed E-state index contributed by atoms with van der Waals surface area (Å²) in [5.74, 6) is -4.64. The molecule has 44 heavy (non-hydrogen) atoms. The number of nitrogens with two attached hydrogens (primary N) is 2.